The van der Waals surface area contributed by atoms with Crippen LogP contribution in [0.25, 0.3) is 0 Å². The first-order valence-electron chi connectivity index (χ1n) is 7.44. The molecule has 1 aromatic rings. The molecule has 1 aromatic heterocycles. The van der Waals surface area contributed by atoms with Gasteiger partial charge in [-0.1, -0.05) is 6.92 Å². The van der Waals surface area contributed by atoms with Gasteiger partial charge in [-0.2, -0.15) is 0 Å². The second-order valence-electron chi connectivity index (χ2n) is 6.33. The van der Waals surface area contributed by atoms with E-state index in [-0.39, 0.29) is 11.7 Å². The Morgan fingerprint density at radius 3 is 2.70 bits per heavy atom. The van der Waals surface area contributed by atoms with Crippen molar-refractivity contribution in [3.63, 3.8) is 0 Å². The van der Waals surface area contributed by atoms with Crippen LogP contribution in [-0.2, 0) is 0 Å². The Kier molecular flexibility index (Phi) is 4.53. The van der Waals surface area contributed by atoms with Crippen LogP contribution in [0.5, 0.6) is 11.6 Å². The fourth-order valence-electron chi connectivity index (χ4n) is 2.63. The van der Waals surface area contributed by atoms with Gasteiger partial charge in [0.15, 0.2) is 0 Å². The van der Waals surface area contributed by atoms with Crippen LogP contribution in [-0.4, -0.2) is 29.3 Å². The van der Waals surface area contributed by atoms with E-state index in [9.17, 15) is 0 Å². The van der Waals surface area contributed by atoms with Gasteiger partial charge in [-0.05, 0) is 33.8 Å². The smallest absolute Gasteiger partial charge is 0.213 e. The van der Waals surface area contributed by atoms with Crippen molar-refractivity contribution >= 4 is 0 Å². The minimum atomic E-state index is -0.169. The largest absolute Gasteiger partial charge is 0.489 e. The molecule has 0 spiro atoms. The Bertz CT molecular complexity index is 433. The van der Waals surface area contributed by atoms with E-state index in [0.29, 0.717) is 17.8 Å². The summed E-state index contributed by atoms with van der Waals surface area (Å²) in [6.45, 7) is 11.6. The van der Waals surface area contributed by atoms with Gasteiger partial charge in [0.2, 0.25) is 5.88 Å². The molecule has 112 valence electrons. The first-order valence-corrected chi connectivity index (χ1v) is 7.44. The molecular formula is C16H26N2O2. The van der Waals surface area contributed by atoms with Crippen molar-refractivity contribution in [3.8, 4) is 11.6 Å². The van der Waals surface area contributed by atoms with Crippen LogP contribution >= 0.6 is 0 Å². The average Bonchev–Trinajstić information content (AvgIpc) is 2.36. The number of piperidine rings is 1. The second kappa shape index (κ2) is 6.00. The van der Waals surface area contributed by atoms with E-state index in [1.807, 2.05) is 26.0 Å². The van der Waals surface area contributed by atoms with Crippen molar-refractivity contribution in [2.45, 2.75) is 58.8 Å². The molecule has 2 rings (SSSR count). The van der Waals surface area contributed by atoms with Crippen molar-refractivity contribution in [1.82, 2.24) is 10.3 Å². The van der Waals surface area contributed by atoms with E-state index in [0.717, 1.165) is 18.7 Å². The van der Waals surface area contributed by atoms with Crippen LogP contribution in [0.2, 0.25) is 0 Å². The number of rotatable bonds is 4. The van der Waals surface area contributed by atoms with Gasteiger partial charge in [0.05, 0.1) is 12.3 Å². The molecule has 0 aromatic carbocycles. The van der Waals surface area contributed by atoms with Crippen molar-refractivity contribution in [3.05, 3.63) is 18.3 Å². The number of ether oxygens (including phenoxy) is 2. The van der Waals surface area contributed by atoms with E-state index in [1.165, 1.54) is 0 Å². The molecule has 0 amide bonds. The zero-order chi connectivity index (χ0) is 14.8. The van der Waals surface area contributed by atoms with Gasteiger partial charge in [0.25, 0.3) is 0 Å². The highest BCUT2D eigenvalue weighted by Gasteiger charge is 2.38. The molecule has 1 N–H and O–H groups in total. The SMILES string of the molecule is CC(C)Oc1ccc(OC2(C)C[C@H](C)NC[C@@H]2C)nc1. The van der Waals surface area contributed by atoms with Crippen LogP contribution in [0.4, 0.5) is 0 Å². The molecule has 1 aliphatic heterocycles. The molecule has 1 aliphatic rings. The minimum Gasteiger partial charge on any atom is -0.489 e. The Morgan fingerprint density at radius 2 is 2.10 bits per heavy atom. The summed E-state index contributed by atoms with van der Waals surface area (Å²) in [6, 6.07) is 4.28. The third-order valence-corrected chi connectivity index (χ3v) is 3.95. The van der Waals surface area contributed by atoms with Crippen LogP contribution in [0.1, 0.15) is 41.0 Å². The normalized spacial score (nSPS) is 30.3. The van der Waals surface area contributed by atoms with Gasteiger partial charge < -0.3 is 14.8 Å². The summed E-state index contributed by atoms with van der Waals surface area (Å²) in [5.74, 6) is 1.90. The first-order chi connectivity index (χ1) is 9.39. The lowest BCUT2D eigenvalue weighted by molar-refractivity contribution is -0.00778. The predicted octanol–water partition coefficient (Wildman–Crippen LogP) is 3.02. The van der Waals surface area contributed by atoms with E-state index < -0.39 is 0 Å². The molecule has 20 heavy (non-hydrogen) atoms. The third-order valence-electron chi connectivity index (χ3n) is 3.95. The zero-order valence-electron chi connectivity index (χ0n) is 13.1. The second-order valence-corrected chi connectivity index (χ2v) is 6.33. The van der Waals surface area contributed by atoms with Crippen molar-refractivity contribution < 1.29 is 9.47 Å². The van der Waals surface area contributed by atoms with Crippen LogP contribution < -0.4 is 14.8 Å². The maximum absolute atomic E-state index is 6.18. The maximum Gasteiger partial charge on any atom is 0.213 e. The Balaban J connectivity index is 2.05. The summed E-state index contributed by atoms with van der Waals surface area (Å²) >= 11 is 0. The van der Waals surface area contributed by atoms with Crippen LogP contribution in [0.3, 0.4) is 0 Å². The summed E-state index contributed by atoms with van der Waals surface area (Å²) in [6.07, 6.45) is 2.87. The number of pyridine rings is 1. The molecule has 3 atom stereocenters. The molecule has 1 fully saturated rings. The number of nitrogens with zero attached hydrogens (tertiary/aromatic N) is 1. The lowest BCUT2D eigenvalue weighted by Crippen LogP contribution is -2.54. The van der Waals surface area contributed by atoms with Gasteiger partial charge in [-0.25, -0.2) is 4.98 Å². The summed E-state index contributed by atoms with van der Waals surface area (Å²) in [5.41, 5.74) is -0.169. The molecule has 2 heterocycles. The molecular weight excluding hydrogens is 252 g/mol. The summed E-state index contributed by atoms with van der Waals surface area (Å²) < 4.78 is 11.8. The first kappa shape index (κ1) is 15.1. The standard InChI is InChI=1S/C16H26N2O2/c1-11(2)19-14-6-7-15(18-10-14)20-16(5)8-13(4)17-9-12(16)3/h6-7,10-13,17H,8-9H2,1-5H3/t12-,13-,16?/m0/s1. The predicted molar refractivity (Wildman–Crippen MR) is 80.3 cm³/mol. The van der Waals surface area contributed by atoms with Crippen molar-refractivity contribution in [2.75, 3.05) is 6.54 Å². The maximum atomic E-state index is 6.18. The monoisotopic (exact) mass is 278 g/mol. The molecule has 0 aliphatic carbocycles. The highest BCUT2D eigenvalue weighted by atomic mass is 16.5. The van der Waals surface area contributed by atoms with E-state index in [2.05, 4.69) is 31.1 Å². The fraction of sp³-hybridized carbons (Fsp3) is 0.688. The van der Waals surface area contributed by atoms with Crippen molar-refractivity contribution in [1.29, 1.82) is 0 Å². The molecule has 4 heteroatoms. The van der Waals surface area contributed by atoms with Gasteiger partial charge in [0, 0.05) is 31.0 Å². The molecule has 0 saturated carbocycles. The molecule has 0 radical (unpaired) electrons. The average molecular weight is 278 g/mol. The van der Waals surface area contributed by atoms with E-state index >= 15 is 0 Å². The van der Waals surface area contributed by atoms with Gasteiger partial charge >= 0.3 is 0 Å². The van der Waals surface area contributed by atoms with Gasteiger partial charge in [-0.3, -0.25) is 0 Å². The van der Waals surface area contributed by atoms with Crippen LogP contribution in [0.15, 0.2) is 18.3 Å². The fourth-order valence-corrected chi connectivity index (χ4v) is 2.63. The number of hydrogen-bond acceptors (Lipinski definition) is 4. The third kappa shape index (κ3) is 3.63. The lowest BCUT2D eigenvalue weighted by Gasteiger charge is -2.42. The number of aromatic nitrogens is 1. The number of nitrogens with one attached hydrogen (secondary N) is 1. The Labute approximate surface area is 121 Å². The number of hydrogen-bond donors (Lipinski definition) is 1. The quantitative estimate of drug-likeness (QED) is 0.919. The topological polar surface area (TPSA) is 43.4 Å². The molecule has 0 bridgehead atoms. The van der Waals surface area contributed by atoms with Gasteiger partial charge in [0.1, 0.15) is 11.4 Å². The minimum absolute atomic E-state index is 0.159. The van der Waals surface area contributed by atoms with Gasteiger partial charge in [-0.15, -0.1) is 0 Å². The Morgan fingerprint density at radius 1 is 1.35 bits per heavy atom. The lowest BCUT2D eigenvalue weighted by atomic mass is 9.81. The zero-order valence-corrected chi connectivity index (χ0v) is 13.1. The van der Waals surface area contributed by atoms with Crippen molar-refractivity contribution in [2.24, 2.45) is 5.92 Å². The molecule has 4 nitrogen and oxygen atoms in total. The van der Waals surface area contributed by atoms with E-state index in [1.54, 1.807) is 6.20 Å². The van der Waals surface area contributed by atoms with E-state index in [4.69, 9.17) is 9.47 Å². The van der Waals surface area contributed by atoms with Crippen LogP contribution in [0, 0.1) is 5.92 Å². The summed E-state index contributed by atoms with van der Waals surface area (Å²) in [5, 5.41) is 3.48. The summed E-state index contributed by atoms with van der Waals surface area (Å²) in [4.78, 5) is 4.36. The summed E-state index contributed by atoms with van der Waals surface area (Å²) in [7, 11) is 0. The highest BCUT2D eigenvalue weighted by molar-refractivity contribution is 5.23. The Hall–Kier alpha value is -1.29. The highest BCUT2D eigenvalue weighted by Crippen LogP contribution is 2.31. The molecule has 1 saturated heterocycles. The molecule has 1 unspecified atom stereocenters.